The maximum Gasteiger partial charge on any atom is 0.488 e. The molecule has 14 nitrogen and oxygen atoms in total. The number of hydrogen-bond donors (Lipinski definition) is 1. The van der Waals surface area contributed by atoms with E-state index >= 15 is 0 Å². The summed E-state index contributed by atoms with van der Waals surface area (Å²) in [6.07, 6.45) is -1.24. The maximum absolute atomic E-state index is 12.8. The minimum atomic E-state index is -3.30. The highest BCUT2D eigenvalue weighted by molar-refractivity contribution is 7.30. The van der Waals surface area contributed by atoms with Crippen LogP contribution >= 0.6 is 31.5 Å². The lowest BCUT2D eigenvalue weighted by Gasteiger charge is -2.37. The number of imidazole rings is 1. The van der Waals surface area contributed by atoms with Gasteiger partial charge in [0, 0.05) is 23.4 Å². The molecular formula is C41H38Cl2N5O9P. The zero-order chi connectivity index (χ0) is 41.0. The number of aromatic nitrogens is 4. The van der Waals surface area contributed by atoms with E-state index in [9.17, 15) is 14.3 Å². The Kier molecular flexibility index (Phi) is 12.5. The second-order valence-electron chi connectivity index (χ2n) is 13.5. The van der Waals surface area contributed by atoms with Gasteiger partial charge in [0.1, 0.15) is 41.3 Å². The summed E-state index contributed by atoms with van der Waals surface area (Å²) in [6, 6.07) is 29.4. The van der Waals surface area contributed by atoms with Crippen LogP contribution in [0.1, 0.15) is 43.2 Å². The van der Waals surface area contributed by atoms with E-state index in [2.05, 4.69) is 20.3 Å². The number of nitrogens with zero attached hydrogens (tertiary/aromatic N) is 4. The molecule has 1 aliphatic heterocycles. The lowest BCUT2D eigenvalue weighted by atomic mass is 9.80. The Hall–Kier alpha value is -5.18. The number of carbonyl (C=O) groups is 1. The van der Waals surface area contributed by atoms with Crippen LogP contribution in [-0.4, -0.2) is 58.5 Å². The van der Waals surface area contributed by atoms with E-state index in [0.29, 0.717) is 16.5 Å². The van der Waals surface area contributed by atoms with E-state index in [-0.39, 0.29) is 58.6 Å². The van der Waals surface area contributed by atoms with Crippen molar-refractivity contribution in [2.75, 3.05) is 26.1 Å². The van der Waals surface area contributed by atoms with Crippen molar-refractivity contribution in [3.8, 4) is 23.1 Å². The molecular weight excluding hydrogens is 808 g/mol. The fraction of sp³-hybridized carbons (Fsp3) is 0.268. The Balaban J connectivity index is 1.28. The van der Waals surface area contributed by atoms with Gasteiger partial charge in [-0.15, -0.1) is 4.52 Å². The lowest BCUT2D eigenvalue weighted by molar-refractivity contribution is -0.192. The molecule has 0 radical (unpaired) electrons. The Morgan fingerprint density at radius 1 is 0.948 bits per heavy atom. The number of hydrogen-bond acceptors (Lipinski definition) is 12. The number of nitrogens with one attached hydrogen (secondary N) is 1. The molecule has 1 amide bonds. The van der Waals surface area contributed by atoms with Crippen molar-refractivity contribution in [3.63, 3.8) is 0 Å². The molecule has 1 unspecified atom stereocenters. The number of ether oxygens (including phenoxy) is 5. The molecule has 1 N–H and O–H groups in total. The molecule has 58 heavy (non-hydrogen) atoms. The number of carbonyl (C=O) groups excluding carboxylic acids is 1. The molecule has 2 aromatic heterocycles. The van der Waals surface area contributed by atoms with Crippen molar-refractivity contribution in [1.29, 1.82) is 0 Å². The highest BCUT2D eigenvalue weighted by Gasteiger charge is 2.45. The third-order valence-corrected chi connectivity index (χ3v) is 10.6. The zero-order valence-electron chi connectivity index (χ0n) is 31.7. The number of fused-ring (bicyclic) bond motifs is 1. The van der Waals surface area contributed by atoms with E-state index in [1.807, 2.05) is 78.9 Å². The van der Waals surface area contributed by atoms with Gasteiger partial charge in [-0.2, -0.15) is 9.97 Å². The maximum atomic E-state index is 12.8. The predicted octanol–water partition coefficient (Wildman–Crippen LogP) is 8.24. The summed E-state index contributed by atoms with van der Waals surface area (Å²) < 4.78 is 49.9. The monoisotopic (exact) mass is 845 g/mol. The van der Waals surface area contributed by atoms with E-state index < -0.39 is 32.3 Å². The quantitative estimate of drug-likeness (QED) is 0.0778. The Morgan fingerprint density at radius 2 is 1.59 bits per heavy atom. The van der Waals surface area contributed by atoms with Crippen LogP contribution in [0.4, 0.5) is 5.95 Å². The number of benzene rings is 4. The predicted molar refractivity (Wildman–Crippen MR) is 215 cm³/mol. The average Bonchev–Trinajstić information content (AvgIpc) is 3.84. The number of methoxy groups -OCH3 is 2. The van der Waals surface area contributed by atoms with Crippen LogP contribution in [0.15, 0.2) is 103 Å². The molecule has 6 aromatic rings. The van der Waals surface area contributed by atoms with Crippen molar-refractivity contribution in [1.82, 2.24) is 19.5 Å². The molecule has 17 heteroatoms. The molecule has 4 aromatic carbocycles. The molecule has 1 saturated heterocycles. The summed E-state index contributed by atoms with van der Waals surface area (Å²) in [5.41, 5.74) is 1.54. The van der Waals surface area contributed by atoms with Crippen LogP contribution in [0.3, 0.4) is 0 Å². The van der Waals surface area contributed by atoms with Crippen LogP contribution in [0.2, 0.25) is 10.0 Å². The smallest absolute Gasteiger partial charge is 0.488 e. The first-order valence-corrected chi connectivity index (χ1v) is 20.0. The molecule has 0 bridgehead atoms. The molecule has 1 fully saturated rings. The topological polar surface area (TPSA) is 168 Å². The van der Waals surface area contributed by atoms with Gasteiger partial charge >= 0.3 is 8.25 Å². The Labute approximate surface area is 344 Å². The highest BCUT2D eigenvalue weighted by atomic mass is 35.5. The molecule has 0 spiro atoms. The molecule has 0 aliphatic carbocycles. The van der Waals surface area contributed by atoms with Gasteiger partial charge in [-0.1, -0.05) is 91.6 Å². The standard InChI is InChI=1S/C41H38Cl2N5O9P/c1-24(2)38(49)46-40-45-37-36(39(47-40)56-32-20-28(42)14-19-31(32)43)44-23-48(37)35-21-33(57-58(50)51)34(55-35)22-54-41(25-8-6-5-7-9-25,26-10-15-29(52-3)16-11-26)27-12-17-30(53-4)18-13-27/h5-20,23-24,33-35H,21-22H2,1-4H3,(H,45,46,47,49)/t33-,34+,35+/m0/s1. The SMILES string of the molecule is COc1ccc(C(OC[C@H]2O[C@@H](n3cnc4c(Oc5cc(Cl)ccc5Cl)nc(NC(=O)C(C)C)nc43)C[C@@H]2O[P+](=O)[O-])(c2ccccc2)c2ccc(OC)cc2)cc1. The molecule has 1 aliphatic rings. The molecule has 300 valence electrons. The summed E-state index contributed by atoms with van der Waals surface area (Å²) >= 11 is 12.7. The van der Waals surface area contributed by atoms with Crippen LogP contribution < -0.4 is 24.4 Å². The molecule has 3 heterocycles. The first-order valence-electron chi connectivity index (χ1n) is 18.1. The lowest BCUT2D eigenvalue weighted by Crippen LogP contribution is -2.38. The largest absolute Gasteiger partial charge is 0.566 e. The van der Waals surface area contributed by atoms with Crippen molar-refractivity contribution in [2.24, 2.45) is 5.92 Å². The first-order chi connectivity index (χ1) is 28.0. The van der Waals surface area contributed by atoms with E-state index in [0.717, 1.165) is 16.7 Å². The normalized spacial score (nSPS) is 17.0. The van der Waals surface area contributed by atoms with E-state index in [4.69, 9.17) is 51.4 Å². The van der Waals surface area contributed by atoms with Crippen molar-refractivity contribution in [3.05, 3.63) is 130 Å². The highest BCUT2D eigenvalue weighted by Crippen LogP contribution is 2.44. The summed E-state index contributed by atoms with van der Waals surface area (Å²) in [5, 5.41) is 3.34. The van der Waals surface area contributed by atoms with Gasteiger partial charge in [0.15, 0.2) is 11.2 Å². The van der Waals surface area contributed by atoms with E-state index in [1.165, 1.54) is 12.4 Å². The van der Waals surface area contributed by atoms with Gasteiger partial charge in [-0.05, 0) is 57.7 Å². The molecule has 4 atom stereocenters. The fourth-order valence-electron chi connectivity index (χ4n) is 6.67. The van der Waals surface area contributed by atoms with Gasteiger partial charge < -0.3 is 28.6 Å². The van der Waals surface area contributed by atoms with Crippen LogP contribution in [0, 0.1) is 5.92 Å². The second-order valence-corrected chi connectivity index (χ2v) is 15.0. The fourth-order valence-corrected chi connectivity index (χ4v) is 7.43. The minimum absolute atomic E-state index is 0.0214. The number of amides is 1. The van der Waals surface area contributed by atoms with E-state index in [1.54, 1.807) is 44.8 Å². The summed E-state index contributed by atoms with van der Waals surface area (Å²) in [5.74, 6) is 0.691. The second kappa shape index (κ2) is 17.8. The van der Waals surface area contributed by atoms with Crippen molar-refractivity contribution >= 4 is 54.5 Å². The third-order valence-electron chi connectivity index (χ3n) is 9.60. The third kappa shape index (κ3) is 8.64. The van der Waals surface area contributed by atoms with Gasteiger partial charge in [-0.25, -0.2) is 4.98 Å². The van der Waals surface area contributed by atoms with Gasteiger partial charge in [0.25, 0.3) is 5.88 Å². The van der Waals surface area contributed by atoms with Crippen LogP contribution in [0.5, 0.6) is 23.1 Å². The molecule has 7 rings (SSSR count). The van der Waals surface area contributed by atoms with Gasteiger partial charge in [0.2, 0.25) is 11.9 Å². The zero-order valence-corrected chi connectivity index (χ0v) is 34.1. The summed E-state index contributed by atoms with van der Waals surface area (Å²) in [7, 11) is -0.112. The summed E-state index contributed by atoms with van der Waals surface area (Å²) in [4.78, 5) is 38.5. The number of halogens is 2. The van der Waals surface area contributed by atoms with Crippen LogP contribution in [0.25, 0.3) is 11.2 Å². The van der Waals surface area contributed by atoms with Crippen molar-refractivity contribution < 1.29 is 42.5 Å². The average molecular weight is 847 g/mol. The summed E-state index contributed by atoms with van der Waals surface area (Å²) in [6.45, 7) is 3.33. The van der Waals surface area contributed by atoms with Crippen LogP contribution in [-0.2, 0) is 29.0 Å². The number of anilines is 1. The van der Waals surface area contributed by atoms with Crippen molar-refractivity contribution in [2.45, 2.75) is 44.3 Å². The van der Waals surface area contributed by atoms with Gasteiger partial charge in [-0.3, -0.25) is 14.7 Å². The Morgan fingerprint density at radius 3 is 2.19 bits per heavy atom. The molecule has 0 saturated carbocycles. The first kappa shape index (κ1) is 41.0. The number of rotatable bonds is 15. The Bertz CT molecular complexity index is 2350. The van der Waals surface area contributed by atoms with Gasteiger partial charge in [0.05, 0.1) is 32.2 Å². The minimum Gasteiger partial charge on any atom is -0.566 e.